The molecule has 0 saturated heterocycles. The second-order valence-corrected chi connectivity index (χ2v) is 5.07. The predicted molar refractivity (Wildman–Crippen MR) is 60.7 cm³/mol. The van der Waals surface area contributed by atoms with Gasteiger partial charge >= 0.3 is 5.97 Å². The summed E-state index contributed by atoms with van der Waals surface area (Å²) < 4.78 is 5.13. The molecule has 5 heteroatoms. The molecule has 2 unspecified atom stereocenters. The Morgan fingerprint density at radius 1 is 1.65 bits per heavy atom. The molecule has 1 saturated carbocycles. The van der Waals surface area contributed by atoms with Crippen molar-refractivity contribution in [3.05, 3.63) is 23.7 Å². The van der Waals surface area contributed by atoms with Crippen LogP contribution in [0, 0.1) is 5.41 Å². The molecule has 5 nitrogen and oxygen atoms in total. The Morgan fingerprint density at radius 3 is 2.88 bits per heavy atom. The van der Waals surface area contributed by atoms with Crippen molar-refractivity contribution in [1.29, 1.82) is 0 Å². The summed E-state index contributed by atoms with van der Waals surface area (Å²) in [5, 5.41) is 21.7. The highest BCUT2D eigenvalue weighted by molar-refractivity contribution is 5.88. The van der Waals surface area contributed by atoms with Crippen LogP contribution in [0.1, 0.15) is 36.4 Å². The van der Waals surface area contributed by atoms with Gasteiger partial charge in [0.25, 0.3) is 0 Å². The first-order valence-electron chi connectivity index (χ1n) is 5.64. The van der Waals surface area contributed by atoms with Gasteiger partial charge in [0.05, 0.1) is 18.9 Å². The third-order valence-corrected chi connectivity index (χ3v) is 3.70. The topological polar surface area (TPSA) is 82.7 Å². The van der Waals surface area contributed by atoms with Gasteiger partial charge in [0.2, 0.25) is 0 Å². The van der Waals surface area contributed by atoms with Crippen LogP contribution in [0.2, 0.25) is 0 Å². The lowest BCUT2D eigenvalue weighted by molar-refractivity contribution is -0.0734. The van der Waals surface area contributed by atoms with Crippen molar-refractivity contribution in [2.24, 2.45) is 5.41 Å². The first-order chi connectivity index (χ1) is 7.93. The number of furan rings is 1. The summed E-state index contributed by atoms with van der Waals surface area (Å²) in [6.45, 7) is 4.34. The number of aliphatic hydroxyl groups excluding tert-OH is 1. The molecule has 0 spiro atoms. The highest BCUT2D eigenvalue weighted by atomic mass is 16.4. The first-order valence-corrected chi connectivity index (χ1v) is 5.64. The first kappa shape index (κ1) is 12.1. The van der Waals surface area contributed by atoms with E-state index in [1.165, 1.54) is 12.3 Å². The number of hydrogen-bond acceptors (Lipinski definition) is 4. The molecular formula is C12H17NO4. The number of aromatic carboxylic acids is 1. The second-order valence-electron chi connectivity index (χ2n) is 5.07. The van der Waals surface area contributed by atoms with E-state index in [4.69, 9.17) is 9.52 Å². The molecule has 1 heterocycles. The van der Waals surface area contributed by atoms with Crippen LogP contribution in [-0.2, 0) is 6.54 Å². The summed E-state index contributed by atoms with van der Waals surface area (Å²) in [5.74, 6) is -0.557. The molecule has 0 bridgehead atoms. The zero-order valence-electron chi connectivity index (χ0n) is 9.93. The smallest absolute Gasteiger partial charge is 0.339 e. The van der Waals surface area contributed by atoms with E-state index in [-0.39, 0.29) is 23.1 Å². The highest BCUT2D eigenvalue weighted by Gasteiger charge is 2.46. The van der Waals surface area contributed by atoms with Crippen LogP contribution in [0.3, 0.4) is 0 Å². The van der Waals surface area contributed by atoms with E-state index in [1.54, 1.807) is 0 Å². The maximum atomic E-state index is 10.9. The Kier molecular flexibility index (Phi) is 2.97. The minimum atomic E-state index is -0.983. The summed E-state index contributed by atoms with van der Waals surface area (Å²) in [4.78, 5) is 10.9. The summed E-state index contributed by atoms with van der Waals surface area (Å²) in [7, 11) is 0. The Balaban J connectivity index is 1.95. The maximum Gasteiger partial charge on any atom is 0.339 e. The number of rotatable bonds is 4. The zero-order chi connectivity index (χ0) is 12.6. The molecular weight excluding hydrogens is 222 g/mol. The lowest BCUT2D eigenvalue weighted by Crippen LogP contribution is -2.59. The van der Waals surface area contributed by atoms with Crippen LogP contribution in [0.25, 0.3) is 0 Å². The molecule has 0 amide bonds. The molecule has 1 aromatic heterocycles. The van der Waals surface area contributed by atoms with Crippen molar-refractivity contribution >= 4 is 5.97 Å². The quantitative estimate of drug-likeness (QED) is 0.736. The lowest BCUT2D eigenvalue weighted by atomic mass is 9.64. The SMILES string of the molecule is CC1(C)C(O)CC1NCc1occc1C(=O)O. The van der Waals surface area contributed by atoms with E-state index in [0.29, 0.717) is 18.7 Å². The van der Waals surface area contributed by atoms with Gasteiger partial charge in [0.15, 0.2) is 0 Å². The van der Waals surface area contributed by atoms with E-state index in [1.807, 2.05) is 13.8 Å². The van der Waals surface area contributed by atoms with Crippen LogP contribution in [0.5, 0.6) is 0 Å². The van der Waals surface area contributed by atoms with E-state index < -0.39 is 5.97 Å². The van der Waals surface area contributed by atoms with Gasteiger partial charge in [0, 0.05) is 11.5 Å². The van der Waals surface area contributed by atoms with Gasteiger partial charge in [0.1, 0.15) is 11.3 Å². The normalized spacial score (nSPS) is 26.5. The van der Waals surface area contributed by atoms with Crippen LogP contribution in [0.15, 0.2) is 16.7 Å². The maximum absolute atomic E-state index is 10.9. The third kappa shape index (κ3) is 2.08. The Bertz CT molecular complexity index is 424. The number of carboxylic acids is 1. The van der Waals surface area contributed by atoms with Crippen molar-refractivity contribution in [2.45, 2.75) is 39.0 Å². The van der Waals surface area contributed by atoms with E-state index in [9.17, 15) is 9.90 Å². The molecule has 0 aromatic carbocycles. The minimum Gasteiger partial charge on any atom is -0.478 e. The second kappa shape index (κ2) is 4.16. The largest absolute Gasteiger partial charge is 0.478 e. The fourth-order valence-electron chi connectivity index (χ4n) is 2.13. The average Bonchev–Trinajstić information content (AvgIpc) is 2.72. The van der Waals surface area contributed by atoms with Crippen molar-refractivity contribution in [3.8, 4) is 0 Å². The minimum absolute atomic E-state index is 0.171. The van der Waals surface area contributed by atoms with Gasteiger partial charge in [-0.05, 0) is 12.5 Å². The molecule has 1 fully saturated rings. The van der Waals surface area contributed by atoms with Crippen LogP contribution >= 0.6 is 0 Å². The summed E-state index contributed by atoms with van der Waals surface area (Å²) in [6, 6.07) is 1.63. The molecule has 17 heavy (non-hydrogen) atoms. The average molecular weight is 239 g/mol. The molecule has 3 N–H and O–H groups in total. The molecule has 2 rings (SSSR count). The monoisotopic (exact) mass is 239 g/mol. The Labute approximate surface area is 99.4 Å². The van der Waals surface area contributed by atoms with Crippen LogP contribution in [0.4, 0.5) is 0 Å². The number of hydrogen-bond donors (Lipinski definition) is 3. The molecule has 1 aliphatic rings. The van der Waals surface area contributed by atoms with Crippen molar-refractivity contribution < 1.29 is 19.4 Å². The van der Waals surface area contributed by atoms with Gasteiger partial charge < -0.3 is 19.9 Å². The van der Waals surface area contributed by atoms with Gasteiger partial charge in [-0.3, -0.25) is 0 Å². The van der Waals surface area contributed by atoms with Crippen molar-refractivity contribution in [3.63, 3.8) is 0 Å². The Hall–Kier alpha value is -1.33. The number of nitrogens with one attached hydrogen (secondary N) is 1. The fraction of sp³-hybridized carbons (Fsp3) is 0.583. The molecule has 1 aliphatic carbocycles. The molecule has 2 atom stereocenters. The zero-order valence-corrected chi connectivity index (χ0v) is 9.93. The molecule has 1 aromatic rings. The predicted octanol–water partition coefficient (Wildman–Crippen LogP) is 1.23. The molecule has 0 aliphatic heterocycles. The Morgan fingerprint density at radius 2 is 2.35 bits per heavy atom. The molecule has 0 radical (unpaired) electrons. The van der Waals surface area contributed by atoms with E-state index in [0.717, 1.165) is 0 Å². The third-order valence-electron chi connectivity index (χ3n) is 3.70. The number of carbonyl (C=O) groups is 1. The number of aliphatic hydroxyl groups is 1. The van der Waals surface area contributed by atoms with Gasteiger partial charge in [-0.2, -0.15) is 0 Å². The van der Waals surface area contributed by atoms with Gasteiger partial charge in [-0.15, -0.1) is 0 Å². The van der Waals surface area contributed by atoms with Crippen LogP contribution in [-0.4, -0.2) is 28.3 Å². The van der Waals surface area contributed by atoms with Crippen molar-refractivity contribution in [1.82, 2.24) is 5.32 Å². The van der Waals surface area contributed by atoms with E-state index in [2.05, 4.69) is 5.32 Å². The van der Waals surface area contributed by atoms with Crippen molar-refractivity contribution in [2.75, 3.05) is 0 Å². The van der Waals surface area contributed by atoms with Crippen LogP contribution < -0.4 is 5.32 Å². The molecule has 94 valence electrons. The fourth-order valence-corrected chi connectivity index (χ4v) is 2.13. The lowest BCUT2D eigenvalue weighted by Gasteiger charge is -2.49. The standard InChI is InChI=1S/C12H17NO4/c1-12(2)9(5-10(12)14)13-6-8-7(11(15)16)3-4-17-8/h3-4,9-10,13-14H,5-6H2,1-2H3,(H,15,16). The van der Waals surface area contributed by atoms with Gasteiger partial charge in [-0.25, -0.2) is 4.79 Å². The summed E-state index contributed by atoms with van der Waals surface area (Å²) in [5.41, 5.74) is 0.0193. The summed E-state index contributed by atoms with van der Waals surface area (Å²) >= 11 is 0. The van der Waals surface area contributed by atoms with Gasteiger partial charge in [-0.1, -0.05) is 13.8 Å². The summed E-state index contributed by atoms with van der Waals surface area (Å²) in [6.07, 6.45) is 1.77. The number of carboxylic acid groups (broad SMARTS) is 1. The highest BCUT2D eigenvalue weighted by Crippen LogP contribution is 2.40. The van der Waals surface area contributed by atoms with E-state index >= 15 is 0 Å².